The molecule has 2 atom stereocenters. The van der Waals surface area contributed by atoms with E-state index in [2.05, 4.69) is 15.4 Å². The van der Waals surface area contributed by atoms with Crippen LogP contribution in [0.5, 0.6) is 0 Å². The quantitative estimate of drug-likeness (QED) is 0.584. The molecule has 2 amide bonds. The summed E-state index contributed by atoms with van der Waals surface area (Å²) in [5.74, 6) is -1.86. The van der Waals surface area contributed by atoms with Gasteiger partial charge in [-0.15, -0.1) is 0 Å². The molecule has 0 spiro atoms. The molecule has 12 heteroatoms. The van der Waals surface area contributed by atoms with Crippen molar-refractivity contribution >= 4 is 40.4 Å². The Kier molecular flexibility index (Phi) is 5.82. The second kappa shape index (κ2) is 8.71. The van der Waals surface area contributed by atoms with Crippen LogP contribution in [0.3, 0.4) is 0 Å². The van der Waals surface area contributed by atoms with Crippen LogP contribution in [-0.4, -0.2) is 57.6 Å². The number of nitrogens with zero attached hydrogens (tertiary/aromatic N) is 5. The first kappa shape index (κ1) is 23.4. The van der Waals surface area contributed by atoms with Crippen molar-refractivity contribution in [1.29, 1.82) is 0 Å². The summed E-state index contributed by atoms with van der Waals surface area (Å²) in [6.45, 7) is 0.709. The lowest BCUT2D eigenvalue weighted by Gasteiger charge is -2.33. The van der Waals surface area contributed by atoms with Crippen molar-refractivity contribution < 1.29 is 22.8 Å². The lowest BCUT2D eigenvalue weighted by atomic mass is 10.0. The summed E-state index contributed by atoms with van der Waals surface area (Å²) in [7, 11) is 1.13. The molecule has 1 saturated heterocycles. The fourth-order valence-electron chi connectivity index (χ4n) is 4.86. The number of hydrogen-bond acceptors (Lipinski definition) is 5. The van der Waals surface area contributed by atoms with Crippen molar-refractivity contribution in [2.24, 2.45) is 5.92 Å². The summed E-state index contributed by atoms with van der Waals surface area (Å²) in [6.07, 6.45) is -1.49. The first-order chi connectivity index (χ1) is 16.6. The molecule has 4 heterocycles. The molecule has 0 unspecified atom stereocenters. The number of nitrogens with one attached hydrogen (secondary N) is 1. The van der Waals surface area contributed by atoms with Crippen LogP contribution in [0.1, 0.15) is 30.1 Å². The molecule has 0 bridgehead atoms. The Morgan fingerprint density at radius 1 is 1.29 bits per heavy atom. The van der Waals surface area contributed by atoms with Gasteiger partial charge < -0.3 is 15.1 Å². The van der Waals surface area contributed by atoms with E-state index in [0.29, 0.717) is 27.9 Å². The van der Waals surface area contributed by atoms with Crippen LogP contribution in [0.2, 0.25) is 5.15 Å². The lowest BCUT2D eigenvalue weighted by Crippen LogP contribution is -2.43. The molecule has 2 aliphatic heterocycles. The van der Waals surface area contributed by atoms with Crippen LogP contribution >= 0.6 is 11.6 Å². The number of carbonyl (C=O) groups is 2. The van der Waals surface area contributed by atoms with Crippen molar-refractivity contribution in [3.8, 4) is 0 Å². The number of aryl methyl sites for hydroxylation is 1. The molecular weight excluding hydrogens is 485 g/mol. The van der Waals surface area contributed by atoms with Gasteiger partial charge in [-0.05, 0) is 30.5 Å². The van der Waals surface area contributed by atoms with Gasteiger partial charge in [0.15, 0.2) is 16.8 Å². The largest absolute Gasteiger partial charge is 0.413 e. The third-order valence-corrected chi connectivity index (χ3v) is 6.69. The molecule has 0 aliphatic carbocycles. The van der Waals surface area contributed by atoms with Crippen LogP contribution in [0.15, 0.2) is 36.5 Å². The van der Waals surface area contributed by atoms with Gasteiger partial charge in [0.1, 0.15) is 0 Å². The number of halogens is 4. The standard InChI is InChI=1S/C23H22ClF3N6O2/c1-31(22(35)14-9-20(34)29-11-14)21(23(25,26)27)13-4-6-15(7-5-13)32-8-2-3-16-17(32)12-28-19-10-18(24)30-33(16)19/h4-7,10,12,14,21H,2-3,8-9,11H2,1H3,(H,29,34)/t14-,21+/m0/s1. The molecule has 2 aromatic heterocycles. The number of carbonyl (C=O) groups excluding carboxylic acids is 2. The zero-order chi connectivity index (χ0) is 24.9. The summed E-state index contributed by atoms with van der Waals surface area (Å²) in [5.41, 5.74) is 3.02. The number of benzene rings is 1. The van der Waals surface area contributed by atoms with E-state index < -0.39 is 24.0 Å². The van der Waals surface area contributed by atoms with Gasteiger partial charge in [0.25, 0.3) is 0 Å². The van der Waals surface area contributed by atoms with E-state index >= 15 is 0 Å². The zero-order valence-electron chi connectivity index (χ0n) is 18.7. The van der Waals surface area contributed by atoms with Gasteiger partial charge >= 0.3 is 6.18 Å². The molecule has 1 N–H and O–H groups in total. The van der Waals surface area contributed by atoms with Crippen molar-refractivity contribution in [3.05, 3.63) is 52.9 Å². The maximum atomic E-state index is 14.1. The Morgan fingerprint density at radius 3 is 2.69 bits per heavy atom. The van der Waals surface area contributed by atoms with Gasteiger partial charge in [0.05, 0.1) is 23.5 Å². The molecule has 8 nitrogen and oxygen atoms in total. The third kappa shape index (κ3) is 4.29. The first-order valence-corrected chi connectivity index (χ1v) is 11.5. The van der Waals surface area contributed by atoms with E-state index in [1.807, 2.05) is 4.90 Å². The van der Waals surface area contributed by atoms with Gasteiger partial charge in [0.2, 0.25) is 11.8 Å². The minimum Gasteiger partial charge on any atom is -0.355 e. The predicted octanol–water partition coefficient (Wildman–Crippen LogP) is 3.66. The molecular formula is C23H22ClF3N6O2. The highest BCUT2D eigenvalue weighted by molar-refractivity contribution is 6.29. The highest BCUT2D eigenvalue weighted by Gasteiger charge is 2.47. The van der Waals surface area contributed by atoms with Gasteiger partial charge in [-0.2, -0.15) is 18.3 Å². The average Bonchev–Trinajstić information content (AvgIpc) is 3.42. The average molecular weight is 507 g/mol. The summed E-state index contributed by atoms with van der Waals surface area (Å²) >= 11 is 6.03. The second-order valence-corrected chi connectivity index (χ2v) is 9.16. The summed E-state index contributed by atoms with van der Waals surface area (Å²) in [6, 6.07) is 5.55. The third-order valence-electron chi connectivity index (χ3n) is 6.51. The van der Waals surface area contributed by atoms with E-state index in [4.69, 9.17) is 11.6 Å². The molecule has 0 radical (unpaired) electrons. The lowest BCUT2D eigenvalue weighted by molar-refractivity contribution is -0.190. The van der Waals surface area contributed by atoms with Crippen LogP contribution < -0.4 is 10.2 Å². The number of rotatable bonds is 4. The van der Waals surface area contributed by atoms with Crippen molar-refractivity contribution in [1.82, 2.24) is 24.8 Å². The molecule has 1 aromatic carbocycles. The fraction of sp³-hybridized carbons (Fsp3) is 0.391. The Bertz CT molecular complexity index is 1290. The van der Waals surface area contributed by atoms with Crippen LogP contribution in [-0.2, 0) is 16.0 Å². The normalized spacial score (nSPS) is 18.9. The van der Waals surface area contributed by atoms with Gasteiger partial charge in [-0.1, -0.05) is 23.7 Å². The van der Waals surface area contributed by atoms with E-state index in [9.17, 15) is 22.8 Å². The van der Waals surface area contributed by atoms with Crippen molar-refractivity contribution in [3.63, 3.8) is 0 Å². The highest BCUT2D eigenvalue weighted by atomic mass is 35.5. The molecule has 5 rings (SSSR count). The number of anilines is 2. The minimum absolute atomic E-state index is 0.0443. The maximum Gasteiger partial charge on any atom is 0.413 e. The van der Waals surface area contributed by atoms with Crippen molar-refractivity contribution in [2.75, 3.05) is 25.0 Å². The SMILES string of the molecule is CN(C(=O)[C@@H]1CNC(=O)C1)[C@H](c1ccc(N2CCCc3c2cnc2cc(Cl)nn32)cc1)C(F)(F)F. The molecule has 35 heavy (non-hydrogen) atoms. The number of hydrogen-bond donors (Lipinski definition) is 1. The summed E-state index contributed by atoms with van der Waals surface area (Å²) in [4.78, 5) is 31.2. The Balaban J connectivity index is 1.44. The van der Waals surface area contributed by atoms with Crippen LogP contribution in [0.25, 0.3) is 5.65 Å². The van der Waals surface area contributed by atoms with Crippen molar-refractivity contribution in [2.45, 2.75) is 31.5 Å². The van der Waals surface area contributed by atoms with Gasteiger partial charge in [0, 0.05) is 38.3 Å². The smallest absolute Gasteiger partial charge is 0.355 e. The number of aromatic nitrogens is 3. The topological polar surface area (TPSA) is 82.8 Å². The first-order valence-electron chi connectivity index (χ1n) is 11.1. The zero-order valence-corrected chi connectivity index (χ0v) is 19.5. The number of fused-ring (bicyclic) bond motifs is 3. The Labute approximate surface area is 203 Å². The molecule has 1 fully saturated rings. The van der Waals surface area contributed by atoms with Gasteiger partial charge in [-0.25, -0.2) is 9.50 Å². The maximum absolute atomic E-state index is 14.1. The Morgan fingerprint density at radius 2 is 2.03 bits per heavy atom. The predicted molar refractivity (Wildman–Crippen MR) is 122 cm³/mol. The second-order valence-electron chi connectivity index (χ2n) is 8.77. The van der Waals surface area contributed by atoms with E-state index in [1.165, 1.54) is 12.1 Å². The summed E-state index contributed by atoms with van der Waals surface area (Å²) < 4.78 is 43.9. The fourth-order valence-corrected chi connectivity index (χ4v) is 5.03. The minimum atomic E-state index is -4.69. The molecule has 2 aliphatic rings. The van der Waals surface area contributed by atoms with E-state index in [-0.39, 0.29) is 24.4 Å². The highest BCUT2D eigenvalue weighted by Crippen LogP contribution is 2.40. The molecule has 184 valence electrons. The molecule has 3 aromatic rings. The van der Waals surface area contributed by atoms with E-state index in [1.54, 1.807) is 28.9 Å². The van der Waals surface area contributed by atoms with Crippen LogP contribution in [0.4, 0.5) is 24.5 Å². The number of alkyl halides is 3. The van der Waals surface area contributed by atoms with Crippen LogP contribution in [0, 0.1) is 5.92 Å². The Hall–Kier alpha value is -3.34. The molecule has 0 saturated carbocycles. The number of amides is 2. The monoisotopic (exact) mass is 506 g/mol. The summed E-state index contributed by atoms with van der Waals surface area (Å²) in [5, 5.41) is 7.13. The van der Waals surface area contributed by atoms with Gasteiger partial charge in [-0.3, -0.25) is 9.59 Å². The van der Waals surface area contributed by atoms with E-state index in [0.717, 1.165) is 31.3 Å².